The lowest BCUT2D eigenvalue weighted by molar-refractivity contribution is -0.0982. The zero-order chi connectivity index (χ0) is 10.8. The van der Waals surface area contributed by atoms with E-state index in [2.05, 4.69) is 0 Å². The van der Waals surface area contributed by atoms with Crippen LogP contribution in [-0.2, 0) is 6.42 Å². The molecule has 0 amide bonds. The number of aliphatic hydroxyl groups is 1. The summed E-state index contributed by atoms with van der Waals surface area (Å²) in [5, 5.41) is 9.33. The van der Waals surface area contributed by atoms with Gasteiger partial charge >= 0.3 is 0 Å². The quantitative estimate of drug-likeness (QED) is 0.831. The van der Waals surface area contributed by atoms with Crippen LogP contribution >= 0.6 is 11.6 Å². The van der Waals surface area contributed by atoms with Crippen LogP contribution in [0.4, 0.5) is 8.78 Å². The van der Waals surface area contributed by atoms with E-state index < -0.39 is 18.4 Å². The Hall–Kier alpha value is -0.670. The highest BCUT2D eigenvalue weighted by atomic mass is 35.5. The fourth-order valence-corrected chi connectivity index (χ4v) is 1.15. The normalized spacial score (nSPS) is 14.1. The molecule has 1 aromatic rings. The van der Waals surface area contributed by atoms with Crippen molar-refractivity contribution in [2.75, 3.05) is 0 Å². The van der Waals surface area contributed by atoms with Crippen molar-refractivity contribution >= 4 is 11.6 Å². The molecule has 1 atom stereocenters. The molecule has 0 heterocycles. The van der Waals surface area contributed by atoms with E-state index in [1.807, 2.05) is 0 Å². The molecule has 1 aromatic carbocycles. The third kappa shape index (κ3) is 2.93. The Kier molecular flexibility index (Phi) is 3.45. The van der Waals surface area contributed by atoms with Gasteiger partial charge in [-0.2, -0.15) is 0 Å². The second kappa shape index (κ2) is 4.24. The first-order valence-corrected chi connectivity index (χ1v) is 4.60. The minimum Gasteiger partial charge on any atom is -0.387 e. The van der Waals surface area contributed by atoms with Gasteiger partial charge in [0.15, 0.2) is 0 Å². The molecular formula is C10H11ClF2O. The van der Waals surface area contributed by atoms with Crippen LogP contribution < -0.4 is 0 Å². The smallest absolute Gasteiger partial charge is 0.277 e. The number of alkyl halides is 2. The first kappa shape index (κ1) is 11.4. The summed E-state index contributed by atoms with van der Waals surface area (Å²) in [6, 6.07) is 6.15. The van der Waals surface area contributed by atoms with Gasteiger partial charge < -0.3 is 5.11 Å². The maximum atomic E-state index is 13.0. The minimum absolute atomic E-state index is 0.459. The predicted octanol–water partition coefficient (Wildman–Crippen LogP) is 2.90. The highest BCUT2D eigenvalue weighted by Crippen LogP contribution is 2.24. The zero-order valence-corrected chi connectivity index (χ0v) is 8.43. The number of rotatable bonds is 3. The Morgan fingerprint density at radius 2 is 1.86 bits per heavy atom. The van der Waals surface area contributed by atoms with Gasteiger partial charge in [-0.1, -0.05) is 23.7 Å². The third-order valence-electron chi connectivity index (χ3n) is 1.96. The first-order chi connectivity index (χ1) is 6.42. The average molecular weight is 221 g/mol. The number of hydrogen-bond donors (Lipinski definition) is 1. The van der Waals surface area contributed by atoms with Crippen LogP contribution in [0.1, 0.15) is 12.5 Å². The molecule has 0 aromatic heterocycles. The van der Waals surface area contributed by atoms with Crippen molar-refractivity contribution in [1.82, 2.24) is 0 Å². The van der Waals surface area contributed by atoms with Gasteiger partial charge in [0.25, 0.3) is 5.92 Å². The Labute approximate surface area is 86.3 Å². The highest BCUT2D eigenvalue weighted by Gasteiger charge is 2.35. The maximum absolute atomic E-state index is 13.0. The van der Waals surface area contributed by atoms with E-state index in [4.69, 9.17) is 16.7 Å². The van der Waals surface area contributed by atoms with Crippen molar-refractivity contribution in [2.24, 2.45) is 0 Å². The SMILES string of the molecule is CC(O)C(F)(F)Cc1ccc(Cl)cc1. The molecule has 4 heteroatoms. The molecule has 1 rings (SSSR count). The number of benzene rings is 1. The molecular weight excluding hydrogens is 210 g/mol. The van der Waals surface area contributed by atoms with Crippen LogP contribution in [0.3, 0.4) is 0 Å². The molecule has 0 aliphatic rings. The summed E-state index contributed by atoms with van der Waals surface area (Å²) in [4.78, 5) is 0. The maximum Gasteiger partial charge on any atom is 0.277 e. The second-order valence-corrected chi connectivity index (χ2v) is 3.68. The summed E-state index contributed by atoms with van der Waals surface area (Å²) < 4.78 is 26.1. The average Bonchev–Trinajstić information content (AvgIpc) is 2.08. The van der Waals surface area contributed by atoms with E-state index in [-0.39, 0.29) is 0 Å². The van der Waals surface area contributed by atoms with Gasteiger partial charge in [0.05, 0.1) is 0 Å². The Morgan fingerprint density at radius 1 is 1.36 bits per heavy atom. The summed E-state index contributed by atoms with van der Waals surface area (Å²) in [5.41, 5.74) is 0.459. The number of aliphatic hydroxyl groups excluding tert-OH is 1. The minimum atomic E-state index is -3.09. The van der Waals surface area contributed by atoms with Crippen molar-refractivity contribution < 1.29 is 13.9 Å². The molecule has 0 spiro atoms. The van der Waals surface area contributed by atoms with Gasteiger partial charge in [-0.3, -0.25) is 0 Å². The van der Waals surface area contributed by atoms with E-state index in [0.29, 0.717) is 10.6 Å². The van der Waals surface area contributed by atoms with Crippen molar-refractivity contribution in [3.05, 3.63) is 34.9 Å². The van der Waals surface area contributed by atoms with Gasteiger partial charge in [-0.25, -0.2) is 8.78 Å². The van der Waals surface area contributed by atoms with Crippen molar-refractivity contribution in [1.29, 1.82) is 0 Å². The lowest BCUT2D eigenvalue weighted by Gasteiger charge is -2.19. The predicted molar refractivity (Wildman–Crippen MR) is 51.8 cm³/mol. The molecule has 0 saturated heterocycles. The summed E-state index contributed by atoms with van der Waals surface area (Å²) in [7, 11) is 0. The largest absolute Gasteiger partial charge is 0.387 e. The second-order valence-electron chi connectivity index (χ2n) is 3.24. The van der Waals surface area contributed by atoms with Crippen LogP contribution in [0.5, 0.6) is 0 Å². The van der Waals surface area contributed by atoms with E-state index >= 15 is 0 Å². The fraction of sp³-hybridized carbons (Fsp3) is 0.400. The molecule has 0 aliphatic heterocycles. The molecule has 0 aliphatic carbocycles. The van der Waals surface area contributed by atoms with Gasteiger partial charge in [0.1, 0.15) is 6.10 Å². The van der Waals surface area contributed by atoms with Crippen LogP contribution in [0.25, 0.3) is 0 Å². The molecule has 1 nitrogen and oxygen atoms in total. The molecule has 1 unspecified atom stereocenters. The van der Waals surface area contributed by atoms with Crippen LogP contribution in [0, 0.1) is 0 Å². The van der Waals surface area contributed by atoms with Gasteiger partial charge in [0, 0.05) is 11.4 Å². The number of halogens is 3. The molecule has 14 heavy (non-hydrogen) atoms. The number of hydrogen-bond acceptors (Lipinski definition) is 1. The molecule has 0 saturated carbocycles. The topological polar surface area (TPSA) is 20.2 Å². The molecule has 78 valence electrons. The molecule has 0 fully saturated rings. The lowest BCUT2D eigenvalue weighted by atomic mass is 10.0. The molecule has 0 bridgehead atoms. The van der Waals surface area contributed by atoms with Crippen LogP contribution in [-0.4, -0.2) is 17.1 Å². The highest BCUT2D eigenvalue weighted by molar-refractivity contribution is 6.30. The zero-order valence-electron chi connectivity index (χ0n) is 7.67. The Morgan fingerprint density at radius 3 is 2.29 bits per heavy atom. The fourth-order valence-electron chi connectivity index (χ4n) is 1.02. The third-order valence-corrected chi connectivity index (χ3v) is 2.22. The van der Waals surface area contributed by atoms with Crippen molar-refractivity contribution in [2.45, 2.75) is 25.4 Å². The monoisotopic (exact) mass is 220 g/mol. The standard InChI is InChI=1S/C10H11ClF2O/c1-7(14)10(12,13)6-8-2-4-9(11)5-3-8/h2-5,7,14H,6H2,1H3. The van der Waals surface area contributed by atoms with E-state index in [1.54, 1.807) is 12.1 Å². The lowest BCUT2D eigenvalue weighted by Crippen LogP contribution is -2.33. The first-order valence-electron chi connectivity index (χ1n) is 4.22. The summed E-state index contributed by atoms with van der Waals surface area (Å²) in [5.74, 6) is -3.09. The summed E-state index contributed by atoms with van der Waals surface area (Å²) in [6.45, 7) is 1.08. The van der Waals surface area contributed by atoms with Crippen molar-refractivity contribution in [3.63, 3.8) is 0 Å². The van der Waals surface area contributed by atoms with E-state index in [0.717, 1.165) is 6.92 Å². The van der Waals surface area contributed by atoms with Gasteiger partial charge in [0.2, 0.25) is 0 Å². The van der Waals surface area contributed by atoms with Crippen molar-refractivity contribution in [3.8, 4) is 0 Å². The van der Waals surface area contributed by atoms with Crippen LogP contribution in [0.2, 0.25) is 5.02 Å². The molecule has 0 radical (unpaired) electrons. The van der Waals surface area contributed by atoms with E-state index in [9.17, 15) is 8.78 Å². The van der Waals surface area contributed by atoms with Gasteiger partial charge in [-0.15, -0.1) is 0 Å². The Bertz CT molecular complexity index is 295. The van der Waals surface area contributed by atoms with Gasteiger partial charge in [-0.05, 0) is 24.6 Å². The summed E-state index contributed by atoms with van der Waals surface area (Å²) >= 11 is 5.61. The molecule has 1 N–H and O–H groups in total. The summed E-state index contributed by atoms with van der Waals surface area (Å²) in [6.07, 6.45) is -2.11. The Balaban J connectivity index is 2.74. The van der Waals surface area contributed by atoms with E-state index in [1.165, 1.54) is 12.1 Å². The van der Waals surface area contributed by atoms with Crippen LogP contribution in [0.15, 0.2) is 24.3 Å².